The van der Waals surface area contributed by atoms with Gasteiger partial charge in [-0.2, -0.15) is 10.1 Å². The molecule has 1 aliphatic rings. The maximum atomic E-state index is 12.9. The highest BCUT2D eigenvalue weighted by molar-refractivity contribution is 8.15. The second kappa shape index (κ2) is 12.9. The van der Waals surface area contributed by atoms with Gasteiger partial charge in [-0.05, 0) is 59.9 Å². The molecule has 3 amide bonds. The van der Waals surface area contributed by atoms with Crippen molar-refractivity contribution in [1.29, 1.82) is 0 Å². The minimum absolute atomic E-state index is 0.141. The largest absolute Gasteiger partial charge is 0.573 e. The highest BCUT2D eigenvalue weighted by Crippen LogP contribution is 2.34. The Kier molecular flexibility index (Phi) is 9.04. The molecule has 0 spiro atoms. The molecule has 5 rings (SSSR count). The first-order chi connectivity index (χ1) is 21.4. The summed E-state index contributed by atoms with van der Waals surface area (Å²) in [7, 11) is 1.48. The molecule has 0 radical (unpaired) electrons. The van der Waals surface area contributed by atoms with E-state index in [1.807, 2.05) is 39.0 Å². The van der Waals surface area contributed by atoms with Crippen molar-refractivity contribution in [1.82, 2.24) is 19.8 Å². The number of amides is 3. The minimum Gasteiger partial charge on any atom is -0.406 e. The first kappa shape index (κ1) is 31.4. The monoisotopic (exact) mass is 635 g/mol. The number of amidine groups is 1. The third-order valence-electron chi connectivity index (χ3n) is 6.66. The number of nitrogens with zero attached hydrogens (tertiary/aromatic N) is 7. The van der Waals surface area contributed by atoms with Gasteiger partial charge in [-0.3, -0.25) is 9.69 Å². The Labute approximate surface area is 261 Å². The van der Waals surface area contributed by atoms with Crippen molar-refractivity contribution in [2.45, 2.75) is 33.1 Å². The van der Waals surface area contributed by atoms with Crippen LogP contribution in [-0.4, -0.2) is 62.3 Å². The van der Waals surface area contributed by atoms with Crippen LogP contribution < -0.4 is 9.64 Å². The van der Waals surface area contributed by atoms with Gasteiger partial charge in [0.25, 0.3) is 0 Å². The molecule has 1 aromatic heterocycles. The van der Waals surface area contributed by atoms with Crippen LogP contribution in [0.15, 0.2) is 83.2 Å². The number of aryl methyl sites for hydroxylation is 1. The van der Waals surface area contributed by atoms with Crippen molar-refractivity contribution in [2.24, 2.45) is 10.1 Å². The number of halogens is 3. The summed E-state index contributed by atoms with van der Waals surface area (Å²) in [5, 5.41) is 10.0. The lowest BCUT2D eigenvalue weighted by Crippen LogP contribution is -2.32. The van der Waals surface area contributed by atoms with Crippen LogP contribution in [0.5, 0.6) is 5.75 Å². The van der Waals surface area contributed by atoms with E-state index in [1.165, 1.54) is 65.2 Å². The number of hydrogen-bond acceptors (Lipinski definition) is 7. The smallest absolute Gasteiger partial charge is 0.406 e. The van der Waals surface area contributed by atoms with E-state index in [0.717, 1.165) is 21.8 Å². The van der Waals surface area contributed by atoms with Crippen LogP contribution in [0.25, 0.3) is 17.1 Å². The SMILES string of the molecule is Cc1ccc(C(C)C)c(N2C(=O)CS/C2=N\C(=O)N(C)/N=C/c2ccc(-c3ncn(-c4ccc(OC(F)(F)F)cc4)n3)cc2)c1. The van der Waals surface area contributed by atoms with Crippen molar-refractivity contribution < 1.29 is 27.5 Å². The average Bonchev–Trinajstić information content (AvgIpc) is 3.62. The summed E-state index contributed by atoms with van der Waals surface area (Å²) in [6, 6.07) is 17.6. The highest BCUT2D eigenvalue weighted by atomic mass is 32.2. The highest BCUT2D eigenvalue weighted by Gasteiger charge is 2.33. The summed E-state index contributed by atoms with van der Waals surface area (Å²) in [5.74, 6) is 0.287. The fraction of sp³-hybridized carbons (Fsp3) is 0.226. The van der Waals surface area contributed by atoms with Gasteiger partial charge in [0, 0.05) is 12.6 Å². The molecule has 3 aromatic carbocycles. The Morgan fingerprint density at radius 3 is 2.47 bits per heavy atom. The van der Waals surface area contributed by atoms with Gasteiger partial charge in [0.2, 0.25) is 5.91 Å². The number of ether oxygens (including phenoxy) is 1. The number of thioether (sulfide) groups is 1. The van der Waals surface area contributed by atoms with Crippen LogP contribution in [0.4, 0.5) is 23.7 Å². The molecule has 10 nitrogen and oxygen atoms in total. The third-order valence-corrected chi connectivity index (χ3v) is 7.58. The van der Waals surface area contributed by atoms with Crippen LogP contribution >= 0.6 is 11.8 Å². The van der Waals surface area contributed by atoms with Gasteiger partial charge in [0.1, 0.15) is 12.1 Å². The van der Waals surface area contributed by atoms with Gasteiger partial charge >= 0.3 is 12.4 Å². The summed E-state index contributed by atoms with van der Waals surface area (Å²) in [4.78, 5) is 35.7. The summed E-state index contributed by atoms with van der Waals surface area (Å²) in [5.41, 5.74) is 4.60. The van der Waals surface area contributed by atoms with Crippen molar-refractivity contribution in [2.75, 3.05) is 17.7 Å². The minimum atomic E-state index is -4.77. The van der Waals surface area contributed by atoms with Crippen LogP contribution in [0.2, 0.25) is 0 Å². The Morgan fingerprint density at radius 2 is 1.80 bits per heavy atom. The number of urea groups is 1. The molecule has 4 aromatic rings. The summed E-state index contributed by atoms with van der Waals surface area (Å²) in [6.07, 6.45) is -1.82. The second-order valence-electron chi connectivity index (χ2n) is 10.4. The van der Waals surface area contributed by atoms with E-state index in [9.17, 15) is 22.8 Å². The van der Waals surface area contributed by atoms with E-state index < -0.39 is 12.4 Å². The maximum Gasteiger partial charge on any atom is 0.573 e. The predicted molar refractivity (Wildman–Crippen MR) is 167 cm³/mol. The quantitative estimate of drug-likeness (QED) is 0.164. The van der Waals surface area contributed by atoms with E-state index in [1.54, 1.807) is 24.3 Å². The number of aliphatic imine (C=N–C) groups is 1. The zero-order chi connectivity index (χ0) is 32.3. The van der Waals surface area contributed by atoms with Crippen molar-refractivity contribution in [3.63, 3.8) is 0 Å². The number of rotatable bonds is 7. The number of carbonyl (C=O) groups excluding carboxylic acids is 2. The third kappa shape index (κ3) is 7.58. The number of hydrazone groups is 1. The first-order valence-corrected chi connectivity index (χ1v) is 14.7. The molecule has 232 valence electrons. The van der Waals surface area contributed by atoms with Crippen LogP contribution in [0.3, 0.4) is 0 Å². The Balaban J connectivity index is 1.25. The molecular formula is C31H28F3N7O3S. The molecule has 0 aliphatic carbocycles. The number of alkyl halides is 3. The van der Waals surface area contributed by atoms with Crippen LogP contribution in [0.1, 0.15) is 36.5 Å². The van der Waals surface area contributed by atoms with Crippen molar-refractivity contribution >= 4 is 40.8 Å². The fourth-order valence-electron chi connectivity index (χ4n) is 4.41. The number of hydrogen-bond donors (Lipinski definition) is 0. The summed E-state index contributed by atoms with van der Waals surface area (Å²) in [6.45, 7) is 6.04. The Bertz CT molecular complexity index is 1770. The maximum absolute atomic E-state index is 12.9. The van der Waals surface area contributed by atoms with E-state index in [0.29, 0.717) is 27.8 Å². The fourth-order valence-corrected chi connectivity index (χ4v) is 5.27. The van der Waals surface area contributed by atoms with E-state index in [4.69, 9.17) is 0 Å². The molecule has 1 aliphatic heterocycles. The molecule has 14 heteroatoms. The lowest BCUT2D eigenvalue weighted by molar-refractivity contribution is -0.274. The molecule has 0 unspecified atom stereocenters. The second-order valence-corrected chi connectivity index (χ2v) is 11.3. The van der Waals surface area contributed by atoms with Gasteiger partial charge in [0.15, 0.2) is 11.0 Å². The number of carbonyl (C=O) groups is 2. The zero-order valence-electron chi connectivity index (χ0n) is 24.7. The standard InChI is InChI=1S/C31H28F3N7O3S/c1-19(2)25-14-5-20(3)15-26(25)41-27(42)17-45-30(41)37-29(43)39(4)36-16-21-6-8-22(9-7-21)28-35-18-40(38-28)23-10-12-24(13-11-23)44-31(32,33)34/h5-16,18-19H,17H2,1-4H3/b36-16+,37-30-. The number of benzene rings is 3. The molecule has 0 N–H and O–H groups in total. The van der Waals surface area contributed by atoms with Crippen molar-refractivity contribution in [3.05, 3.63) is 89.7 Å². The number of aromatic nitrogens is 3. The normalized spacial score (nSPS) is 14.6. The molecular weight excluding hydrogens is 607 g/mol. The average molecular weight is 636 g/mol. The Morgan fingerprint density at radius 1 is 1.09 bits per heavy atom. The van der Waals surface area contributed by atoms with Gasteiger partial charge in [-0.1, -0.05) is 62.0 Å². The predicted octanol–water partition coefficient (Wildman–Crippen LogP) is 6.79. The van der Waals surface area contributed by atoms with Gasteiger partial charge in [-0.15, -0.1) is 18.3 Å². The molecule has 0 atom stereocenters. The lowest BCUT2D eigenvalue weighted by atomic mass is 9.99. The zero-order valence-corrected chi connectivity index (χ0v) is 25.5. The topological polar surface area (TPSA) is 105 Å². The molecule has 1 saturated heterocycles. The van der Waals surface area contributed by atoms with Gasteiger partial charge < -0.3 is 4.74 Å². The van der Waals surface area contributed by atoms with Crippen LogP contribution in [-0.2, 0) is 4.79 Å². The van der Waals surface area contributed by atoms with E-state index >= 15 is 0 Å². The first-order valence-electron chi connectivity index (χ1n) is 13.7. The number of anilines is 1. The molecule has 2 heterocycles. The molecule has 0 saturated carbocycles. The van der Waals surface area contributed by atoms with E-state index in [-0.39, 0.29) is 23.3 Å². The molecule has 1 fully saturated rings. The van der Waals surface area contributed by atoms with Crippen molar-refractivity contribution in [3.8, 4) is 22.8 Å². The summed E-state index contributed by atoms with van der Waals surface area (Å²) >= 11 is 1.21. The van der Waals surface area contributed by atoms with Crippen LogP contribution in [0, 0.1) is 6.92 Å². The van der Waals surface area contributed by atoms with Gasteiger partial charge in [0.05, 0.1) is 23.3 Å². The molecule has 0 bridgehead atoms. The Hall–Kier alpha value is -4.98. The van der Waals surface area contributed by atoms with E-state index in [2.05, 4.69) is 24.9 Å². The van der Waals surface area contributed by atoms with Gasteiger partial charge in [-0.25, -0.2) is 19.5 Å². The summed E-state index contributed by atoms with van der Waals surface area (Å²) < 4.78 is 42.6. The molecule has 45 heavy (non-hydrogen) atoms. The lowest BCUT2D eigenvalue weighted by Gasteiger charge is -2.22.